The third-order valence-electron chi connectivity index (χ3n) is 5.03. The van der Waals surface area contributed by atoms with Crippen LogP contribution >= 0.6 is 19.9 Å². The molecule has 0 aromatic heterocycles. The minimum Gasteiger partial charge on any atom is -0.382 e. The van der Waals surface area contributed by atoms with Crippen molar-refractivity contribution in [3.05, 3.63) is 127 Å². The molecule has 0 bridgehead atoms. The molecule has 32 heavy (non-hydrogen) atoms. The summed E-state index contributed by atoms with van der Waals surface area (Å²) in [6.45, 7) is 0.512. The van der Waals surface area contributed by atoms with E-state index in [4.69, 9.17) is 9.26 Å². The van der Waals surface area contributed by atoms with Gasteiger partial charge in [-0.25, -0.2) is 0 Å². The lowest BCUT2D eigenvalue weighted by molar-refractivity contribution is 0.0897. The van der Waals surface area contributed by atoms with E-state index in [1.54, 1.807) is 7.11 Å². The topological polar surface area (TPSA) is 18.5 Å². The predicted molar refractivity (Wildman–Crippen MR) is 137 cm³/mol. The maximum Gasteiger partial charge on any atom is 0.102 e. The fourth-order valence-corrected chi connectivity index (χ4v) is 6.67. The molecule has 0 radical (unpaired) electrons. The first-order valence-electron chi connectivity index (χ1n) is 10.7. The van der Waals surface area contributed by atoms with Crippen LogP contribution in [0.4, 0.5) is 0 Å². The summed E-state index contributed by atoms with van der Waals surface area (Å²) in [5.74, 6) is 0. The molecule has 4 aromatic rings. The third-order valence-corrected chi connectivity index (χ3v) is 8.42. The van der Waals surface area contributed by atoms with Gasteiger partial charge in [0.05, 0.1) is 20.0 Å². The van der Waals surface area contributed by atoms with E-state index in [9.17, 15) is 0 Å². The van der Waals surface area contributed by atoms with Crippen molar-refractivity contribution in [1.82, 2.24) is 0 Å². The summed E-state index contributed by atoms with van der Waals surface area (Å²) in [5.41, 5.74) is 1.24. The van der Waals surface area contributed by atoms with Crippen LogP contribution in [0.1, 0.15) is 10.8 Å². The van der Waals surface area contributed by atoms with Gasteiger partial charge in [-0.1, -0.05) is 109 Å². The Morgan fingerprint density at radius 1 is 0.656 bits per heavy atom. The second kappa shape index (κ2) is 12.0. The highest BCUT2D eigenvalue weighted by molar-refractivity contribution is 7.99. The van der Waals surface area contributed by atoms with Crippen molar-refractivity contribution >= 4 is 30.5 Å². The van der Waals surface area contributed by atoms with Gasteiger partial charge in [-0.05, 0) is 17.7 Å². The van der Waals surface area contributed by atoms with Gasteiger partial charge in [0.25, 0.3) is 0 Å². The summed E-state index contributed by atoms with van der Waals surface area (Å²) in [6, 6.07) is 42.2. The number of thioether (sulfide) groups is 1. The normalized spacial score (nSPS) is 13.1. The van der Waals surface area contributed by atoms with E-state index in [0.29, 0.717) is 6.61 Å². The zero-order valence-electron chi connectivity index (χ0n) is 18.1. The van der Waals surface area contributed by atoms with Gasteiger partial charge in [-0.15, -0.1) is 11.8 Å². The van der Waals surface area contributed by atoms with Crippen molar-refractivity contribution in [2.24, 2.45) is 0 Å². The molecule has 4 aromatic carbocycles. The average molecular weight is 459 g/mol. The summed E-state index contributed by atoms with van der Waals surface area (Å²) in [7, 11) is 0.756. The summed E-state index contributed by atoms with van der Waals surface area (Å²) >= 11 is 1.83. The Morgan fingerprint density at radius 2 is 1.12 bits per heavy atom. The van der Waals surface area contributed by atoms with Crippen LogP contribution in [-0.2, 0) is 9.26 Å². The monoisotopic (exact) mass is 458 g/mol. The van der Waals surface area contributed by atoms with Gasteiger partial charge in [-0.3, -0.25) is 0 Å². The minimum absolute atomic E-state index is 0.0935. The molecule has 2 atom stereocenters. The van der Waals surface area contributed by atoms with Gasteiger partial charge in [0, 0.05) is 22.6 Å². The summed E-state index contributed by atoms with van der Waals surface area (Å²) in [6.07, 6.45) is -0.126. The SMILES string of the molecule is COC[C@H](OP(c1ccccc1)c1ccccc1)[C@H](Sc1ccccc1)c1ccccc1. The Kier molecular flexibility index (Phi) is 8.53. The highest BCUT2D eigenvalue weighted by Crippen LogP contribution is 2.45. The van der Waals surface area contributed by atoms with Crippen molar-refractivity contribution in [2.45, 2.75) is 16.2 Å². The van der Waals surface area contributed by atoms with E-state index in [-0.39, 0.29) is 11.4 Å². The van der Waals surface area contributed by atoms with Crippen LogP contribution in [0.25, 0.3) is 0 Å². The zero-order valence-corrected chi connectivity index (χ0v) is 19.8. The molecule has 0 saturated heterocycles. The lowest BCUT2D eigenvalue weighted by atomic mass is 10.1. The van der Waals surface area contributed by atoms with Gasteiger partial charge < -0.3 is 9.26 Å². The van der Waals surface area contributed by atoms with Crippen LogP contribution < -0.4 is 10.6 Å². The molecule has 0 saturated carbocycles. The molecule has 0 unspecified atom stereocenters. The maximum atomic E-state index is 6.97. The second-order valence-corrected chi connectivity index (χ2v) is 10.4. The molecule has 0 aliphatic heterocycles. The minimum atomic E-state index is -0.993. The molecule has 4 heteroatoms. The van der Waals surface area contributed by atoms with Gasteiger partial charge in [0.2, 0.25) is 0 Å². The summed E-state index contributed by atoms with van der Waals surface area (Å²) in [4.78, 5) is 1.22. The van der Waals surface area contributed by atoms with Crippen LogP contribution in [0, 0.1) is 0 Å². The maximum absolute atomic E-state index is 6.97. The molecule has 0 heterocycles. The Labute approximate surface area is 196 Å². The fraction of sp³-hybridized carbons (Fsp3) is 0.143. The van der Waals surface area contributed by atoms with E-state index >= 15 is 0 Å². The van der Waals surface area contributed by atoms with Gasteiger partial charge >= 0.3 is 0 Å². The molecule has 0 amide bonds. The van der Waals surface area contributed by atoms with Crippen LogP contribution in [0.2, 0.25) is 0 Å². The van der Waals surface area contributed by atoms with Crippen molar-refractivity contribution in [3.63, 3.8) is 0 Å². The highest BCUT2D eigenvalue weighted by atomic mass is 32.2. The van der Waals surface area contributed by atoms with Gasteiger partial charge in [-0.2, -0.15) is 0 Å². The number of hydrogen-bond acceptors (Lipinski definition) is 3. The molecular weight excluding hydrogens is 431 g/mol. The zero-order chi connectivity index (χ0) is 22.0. The quantitative estimate of drug-likeness (QED) is 0.197. The number of ether oxygens (including phenoxy) is 1. The number of methoxy groups -OCH3 is 1. The van der Waals surface area contributed by atoms with Gasteiger partial charge in [0.15, 0.2) is 0 Å². The van der Waals surface area contributed by atoms with E-state index in [2.05, 4.69) is 109 Å². The van der Waals surface area contributed by atoms with Crippen molar-refractivity contribution in [2.75, 3.05) is 13.7 Å². The van der Waals surface area contributed by atoms with Crippen LogP contribution in [0.5, 0.6) is 0 Å². The van der Waals surface area contributed by atoms with Crippen LogP contribution in [0.15, 0.2) is 126 Å². The largest absolute Gasteiger partial charge is 0.382 e. The molecule has 0 fully saturated rings. The molecule has 4 rings (SSSR count). The highest BCUT2D eigenvalue weighted by Gasteiger charge is 2.29. The lowest BCUT2D eigenvalue weighted by Gasteiger charge is -2.31. The van der Waals surface area contributed by atoms with Crippen molar-refractivity contribution in [1.29, 1.82) is 0 Å². The molecule has 0 aliphatic rings. The standard InChI is InChI=1S/C28H27O2PS/c1-29-22-27(28(23-14-6-2-7-15-23)32-26-20-12-5-13-21-26)30-31(24-16-8-3-9-17-24)25-18-10-4-11-19-25/h2-21,27-28H,22H2,1H3/t27-,28+/m0/s1. The van der Waals surface area contributed by atoms with E-state index in [1.165, 1.54) is 21.1 Å². The molecule has 0 N–H and O–H groups in total. The summed E-state index contributed by atoms with van der Waals surface area (Å²) in [5, 5.41) is 2.49. The molecule has 0 spiro atoms. The smallest absolute Gasteiger partial charge is 0.102 e. The Bertz CT molecular complexity index is 1010. The second-order valence-electron chi connectivity index (χ2n) is 7.33. The van der Waals surface area contributed by atoms with E-state index < -0.39 is 8.15 Å². The van der Waals surface area contributed by atoms with Crippen LogP contribution in [0.3, 0.4) is 0 Å². The van der Waals surface area contributed by atoms with Crippen molar-refractivity contribution < 1.29 is 9.26 Å². The first-order chi connectivity index (χ1) is 15.8. The van der Waals surface area contributed by atoms with E-state index in [1.807, 2.05) is 23.9 Å². The lowest BCUT2D eigenvalue weighted by Crippen LogP contribution is -2.28. The predicted octanol–water partition coefficient (Wildman–Crippen LogP) is 6.60. The van der Waals surface area contributed by atoms with Crippen molar-refractivity contribution in [3.8, 4) is 0 Å². The number of benzene rings is 4. The molecule has 162 valence electrons. The fourth-order valence-electron chi connectivity index (χ4n) is 3.52. The molecular formula is C28H27O2PS. The van der Waals surface area contributed by atoms with E-state index in [0.717, 1.165) is 0 Å². The Morgan fingerprint density at radius 3 is 1.62 bits per heavy atom. The average Bonchev–Trinajstić information content (AvgIpc) is 2.87. The Balaban J connectivity index is 1.71. The third kappa shape index (κ3) is 6.09. The first-order valence-corrected chi connectivity index (χ1v) is 12.8. The first kappa shape index (κ1) is 22.8. The summed E-state index contributed by atoms with van der Waals surface area (Å²) < 4.78 is 12.7. The molecule has 2 nitrogen and oxygen atoms in total. The number of rotatable bonds is 10. The Hall–Kier alpha value is -2.42. The van der Waals surface area contributed by atoms with Gasteiger partial charge in [0.1, 0.15) is 6.10 Å². The van der Waals surface area contributed by atoms with Crippen LogP contribution in [-0.4, -0.2) is 19.8 Å². The molecule has 0 aliphatic carbocycles. The number of hydrogen-bond donors (Lipinski definition) is 0.